The lowest BCUT2D eigenvalue weighted by Crippen LogP contribution is -2.47. The topological polar surface area (TPSA) is 49.9 Å². The third-order valence-corrected chi connectivity index (χ3v) is 6.01. The summed E-state index contributed by atoms with van der Waals surface area (Å²) >= 11 is 0. The maximum absolute atomic E-state index is 13.6. The van der Waals surface area contributed by atoms with Crippen LogP contribution in [0.3, 0.4) is 0 Å². The number of hydrogen-bond acceptors (Lipinski definition) is 3. The second kappa shape index (κ2) is 9.27. The molecule has 164 valence electrons. The number of nitrogens with zero attached hydrogens (tertiary/aromatic N) is 2. The van der Waals surface area contributed by atoms with Gasteiger partial charge < -0.3 is 14.5 Å². The molecule has 0 unspecified atom stereocenters. The van der Waals surface area contributed by atoms with Crippen molar-refractivity contribution in [2.24, 2.45) is 0 Å². The van der Waals surface area contributed by atoms with Crippen molar-refractivity contribution in [3.05, 3.63) is 90.0 Å². The summed E-state index contributed by atoms with van der Waals surface area (Å²) in [6, 6.07) is 24.7. The van der Waals surface area contributed by atoms with E-state index in [-0.39, 0.29) is 23.9 Å². The lowest BCUT2D eigenvalue weighted by Gasteiger charge is -2.43. The Morgan fingerprint density at radius 3 is 2.44 bits per heavy atom. The number of ether oxygens (including phenoxy) is 1. The van der Waals surface area contributed by atoms with Crippen molar-refractivity contribution in [3.63, 3.8) is 0 Å². The van der Waals surface area contributed by atoms with Crippen LogP contribution in [0.25, 0.3) is 0 Å². The van der Waals surface area contributed by atoms with E-state index >= 15 is 0 Å². The van der Waals surface area contributed by atoms with E-state index in [0.29, 0.717) is 24.2 Å². The number of para-hydroxylation sites is 2. The highest BCUT2D eigenvalue weighted by atomic mass is 16.5. The second-order valence-corrected chi connectivity index (χ2v) is 8.02. The predicted octanol–water partition coefficient (Wildman–Crippen LogP) is 5.62. The number of fused-ring (bicyclic) bond motifs is 1. The number of anilines is 2. The average molecular weight is 429 g/mol. The Morgan fingerprint density at radius 1 is 1.00 bits per heavy atom. The molecule has 5 heteroatoms. The molecule has 0 bridgehead atoms. The molecule has 0 saturated carbocycles. The summed E-state index contributed by atoms with van der Waals surface area (Å²) in [5.41, 5.74) is 3.27. The largest absolute Gasteiger partial charge is 0.497 e. The molecule has 4 rings (SSSR count). The van der Waals surface area contributed by atoms with E-state index in [2.05, 4.69) is 0 Å². The summed E-state index contributed by atoms with van der Waals surface area (Å²) in [6.45, 7) is 3.93. The van der Waals surface area contributed by atoms with Gasteiger partial charge in [0, 0.05) is 29.4 Å². The number of rotatable bonds is 5. The normalized spacial score (nSPS) is 17.4. The Labute approximate surface area is 189 Å². The molecule has 0 N–H and O–H groups in total. The summed E-state index contributed by atoms with van der Waals surface area (Å²) in [5, 5.41) is 0. The SMILES string of the molecule is CCC(=O)N(c1ccccc1)[C@@H]1C[C@H](C)N(C(=O)c2cccc(OC)c2)c2ccccc21. The van der Waals surface area contributed by atoms with Crippen molar-refractivity contribution in [2.75, 3.05) is 16.9 Å². The molecule has 3 aromatic rings. The lowest BCUT2D eigenvalue weighted by atomic mass is 9.89. The summed E-state index contributed by atoms with van der Waals surface area (Å²) in [4.78, 5) is 30.4. The van der Waals surface area contributed by atoms with E-state index in [1.165, 1.54) is 0 Å². The first-order chi connectivity index (χ1) is 15.5. The zero-order valence-electron chi connectivity index (χ0n) is 18.7. The third kappa shape index (κ3) is 3.98. The van der Waals surface area contributed by atoms with Crippen LogP contribution in [0.1, 0.15) is 48.7 Å². The Bertz CT molecular complexity index is 1110. The van der Waals surface area contributed by atoms with Crippen LogP contribution < -0.4 is 14.5 Å². The van der Waals surface area contributed by atoms with Gasteiger partial charge in [-0.15, -0.1) is 0 Å². The van der Waals surface area contributed by atoms with Gasteiger partial charge in [0.25, 0.3) is 5.91 Å². The van der Waals surface area contributed by atoms with Crippen LogP contribution in [-0.4, -0.2) is 25.0 Å². The van der Waals surface area contributed by atoms with E-state index < -0.39 is 0 Å². The second-order valence-electron chi connectivity index (χ2n) is 8.02. The van der Waals surface area contributed by atoms with Gasteiger partial charge in [-0.3, -0.25) is 9.59 Å². The third-order valence-electron chi connectivity index (χ3n) is 6.01. The van der Waals surface area contributed by atoms with Gasteiger partial charge in [0.1, 0.15) is 5.75 Å². The van der Waals surface area contributed by atoms with Gasteiger partial charge >= 0.3 is 0 Å². The number of carbonyl (C=O) groups excluding carboxylic acids is 2. The molecule has 32 heavy (non-hydrogen) atoms. The van der Waals surface area contributed by atoms with Crippen molar-refractivity contribution in [2.45, 2.75) is 38.8 Å². The Kier molecular flexibility index (Phi) is 6.26. The van der Waals surface area contributed by atoms with Crippen LogP contribution in [0.4, 0.5) is 11.4 Å². The number of hydrogen-bond donors (Lipinski definition) is 0. The smallest absolute Gasteiger partial charge is 0.258 e. The number of amides is 2. The average Bonchev–Trinajstić information content (AvgIpc) is 2.84. The summed E-state index contributed by atoms with van der Waals surface area (Å²) in [5.74, 6) is 0.640. The standard InChI is InChI=1S/C27H28N2O3/c1-4-26(30)29(21-12-6-5-7-13-21)25-17-19(2)28(24-16-9-8-15-23(24)25)27(31)20-11-10-14-22(18-20)32-3/h5-16,18-19,25H,4,17H2,1-3H3/t19-,25+/m0/s1. The van der Waals surface area contributed by atoms with Crippen LogP contribution in [0.5, 0.6) is 5.75 Å². The van der Waals surface area contributed by atoms with E-state index in [9.17, 15) is 9.59 Å². The molecule has 3 aromatic carbocycles. The first-order valence-electron chi connectivity index (χ1n) is 11.0. The first kappa shape index (κ1) is 21.6. The van der Waals surface area contributed by atoms with Crippen molar-refractivity contribution >= 4 is 23.2 Å². The molecule has 2 amide bonds. The highest BCUT2D eigenvalue weighted by molar-refractivity contribution is 6.08. The number of carbonyl (C=O) groups is 2. The molecule has 1 aliphatic heterocycles. The quantitative estimate of drug-likeness (QED) is 0.530. The van der Waals surface area contributed by atoms with E-state index in [1.807, 2.05) is 96.4 Å². The highest BCUT2D eigenvalue weighted by Crippen LogP contribution is 2.43. The van der Waals surface area contributed by atoms with Gasteiger partial charge in [-0.05, 0) is 55.3 Å². The first-order valence-corrected chi connectivity index (χ1v) is 11.0. The maximum Gasteiger partial charge on any atom is 0.258 e. The molecular formula is C27H28N2O3. The Balaban J connectivity index is 1.78. The summed E-state index contributed by atoms with van der Waals surface area (Å²) in [7, 11) is 1.59. The fourth-order valence-electron chi connectivity index (χ4n) is 4.49. The molecule has 2 atom stereocenters. The van der Waals surface area contributed by atoms with Gasteiger partial charge in [0.15, 0.2) is 0 Å². The summed E-state index contributed by atoms with van der Waals surface area (Å²) < 4.78 is 5.31. The molecule has 0 saturated heterocycles. The maximum atomic E-state index is 13.6. The molecule has 0 aromatic heterocycles. The Morgan fingerprint density at radius 2 is 1.72 bits per heavy atom. The van der Waals surface area contributed by atoms with Crippen LogP contribution in [0.2, 0.25) is 0 Å². The zero-order valence-corrected chi connectivity index (χ0v) is 18.7. The van der Waals surface area contributed by atoms with Gasteiger partial charge in [-0.2, -0.15) is 0 Å². The van der Waals surface area contributed by atoms with Gasteiger partial charge in [0.2, 0.25) is 5.91 Å². The summed E-state index contributed by atoms with van der Waals surface area (Å²) in [6.07, 6.45) is 1.06. The van der Waals surface area contributed by atoms with Crippen LogP contribution >= 0.6 is 0 Å². The minimum Gasteiger partial charge on any atom is -0.497 e. The molecule has 0 spiro atoms. The van der Waals surface area contributed by atoms with E-state index in [4.69, 9.17) is 4.74 Å². The number of benzene rings is 3. The van der Waals surface area contributed by atoms with E-state index in [1.54, 1.807) is 13.2 Å². The van der Waals surface area contributed by atoms with Crippen molar-refractivity contribution in [3.8, 4) is 5.75 Å². The number of methoxy groups -OCH3 is 1. The van der Waals surface area contributed by atoms with Gasteiger partial charge in [-0.1, -0.05) is 49.4 Å². The zero-order chi connectivity index (χ0) is 22.7. The predicted molar refractivity (Wildman–Crippen MR) is 127 cm³/mol. The van der Waals surface area contributed by atoms with Crippen LogP contribution in [0, 0.1) is 0 Å². The van der Waals surface area contributed by atoms with Crippen LogP contribution in [0.15, 0.2) is 78.9 Å². The van der Waals surface area contributed by atoms with Crippen LogP contribution in [-0.2, 0) is 4.79 Å². The van der Waals surface area contributed by atoms with Crippen molar-refractivity contribution in [1.82, 2.24) is 0 Å². The molecule has 1 aliphatic rings. The van der Waals surface area contributed by atoms with Gasteiger partial charge in [-0.25, -0.2) is 0 Å². The van der Waals surface area contributed by atoms with Crippen molar-refractivity contribution < 1.29 is 14.3 Å². The molecule has 0 fully saturated rings. The highest BCUT2D eigenvalue weighted by Gasteiger charge is 2.38. The Hall–Kier alpha value is -3.60. The minimum absolute atomic E-state index is 0.0655. The minimum atomic E-state index is -0.148. The van der Waals surface area contributed by atoms with Crippen molar-refractivity contribution in [1.29, 1.82) is 0 Å². The monoisotopic (exact) mass is 428 g/mol. The van der Waals surface area contributed by atoms with Gasteiger partial charge in [0.05, 0.1) is 13.2 Å². The molecule has 1 heterocycles. The molecule has 5 nitrogen and oxygen atoms in total. The molecule has 0 aliphatic carbocycles. The van der Waals surface area contributed by atoms with E-state index in [0.717, 1.165) is 16.9 Å². The fourth-order valence-corrected chi connectivity index (χ4v) is 4.49. The fraction of sp³-hybridized carbons (Fsp3) is 0.259. The molecular weight excluding hydrogens is 400 g/mol. The molecule has 0 radical (unpaired) electrons. The lowest BCUT2D eigenvalue weighted by molar-refractivity contribution is -0.118.